The predicted octanol–water partition coefficient (Wildman–Crippen LogP) is 6.95. The van der Waals surface area contributed by atoms with Gasteiger partial charge >= 0.3 is 5.97 Å². The van der Waals surface area contributed by atoms with Crippen LogP contribution in [0.15, 0.2) is 64.4 Å². The van der Waals surface area contributed by atoms with Gasteiger partial charge in [0.25, 0.3) is 5.91 Å². The van der Waals surface area contributed by atoms with Gasteiger partial charge in [-0.05, 0) is 118 Å². The molecule has 0 aliphatic carbocycles. The molecule has 1 aromatic heterocycles. The van der Waals surface area contributed by atoms with Crippen LogP contribution in [-0.2, 0) is 33.2 Å². The van der Waals surface area contributed by atoms with Gasteiger partial charge in [0.15, 0.2) is 12.6 Å². The highest BCUT2D eigenvalue weighted by molar-refractivity contribution is 7.99. The Kier molecular flexibility index (Phi) is 19.5. The van der Waals surface area contributed by atoms with Crippen molar-refractivity contribution in [2.75, 3.05) is 40.8 Å². The number of hydrogen-bond acceptors (Lipinski definition) is 17. The van der Waals surface area contributed by atoms with Gasteiger partial charge in [0, 0.05) is 77.0 Å². The molecule has 0 radical (unpaired) electrons. The Morgan fingerprint density at radius 3 is 2.20 bits per heavy atom. The lowest BCUT2D eigenvalue weighted by atomic mass is 9.77. The molecule has 3 saturated heterocycles. The molecule has 0 unspecified atom stereocenters. The largest absolute Gasteiger partial charge is 0.459 e. The standard InChI is InChI=1S/C57H85N3O13S2/c1-14-44-57(10,67)49(62)35(6)60(25-19-24-58-52(64)43-27-39-37-20-15-17-22-41(37)74-42-23-18-16-21-38(42)48(39)75-43)30-31(2)28-55(8,66)51(73-54-46(61)40(59(11)12)26-32(3)69-54)33(4)47(34(5)53(65)71-44)72-45-29-56(9,68-13)50(63)36(7)70-45/h15-18,20-23,27,31-36,40,44-47,49-51,54,61-63,66-67H,14,19,24-26,28-30H2,1-13H3,(H,58,64)/t31-,32-,33+,34-,35-,36-,40+,44-,45-,46-,47+,49-,50+,51-,54+,55-,56-,57-/m1/s1. The summed E-state index contributed by atoms with van der Waals surface area (Å²) in [7, 11) is 5.27. The van der Waals surface area contributed by atoms with Crippen LogP contribution in [0.3, 0.4) is 0 Å². The number of aliphatic hydroxyl groups is 5. The number of benzene rings is 2. The van der Waals surface area contributed by atoms with Gasteiger partial charge in [0.2, 0.25) is 0 Å². The fourth-order valence-corrected chi connectivity index (χ4v) is 14.3. The van der Waals surface area contributed by atoms with Gasteiger partial charge in [-0.25, -0.2) is 0 Å². The van der Waals surface area contributed by atoms with E-state index in [1.165, 1.54) is 25.4 Å². The fourth-order valence-electron chi connectivity index (χ4n) is 12.0. The highest BCUT2D eigenvalue weighted by Crippen LogP contribution is 2.51. The van der Waals surface area contributed by atoms with E-state index in [4.69, 9.17) is 28.4 Å². The number of methoxy groups -OCH3 is 1. The maximum Gasteiger partial charge on any atom is 0.311 e. The van der Waals surface area contributed by atoms with Crippen molar-refractivity contribution in [2.24, 2.45) is 17.8 Å². The van der Waals surface area contributed by atoms with Crippen LogP contribution in [0, 0.1) is 17.8 Å². The van der Waals surface area contributed by atoms with E-state index in [1.807, 2.05) is 81.9 Å². The lowest BCUT2D eigenvalue weighted by Crippen LogP contribution is -2.60. The number of nitrogens with one attached hydrogen (secondary N) is 1. The fraction of sp³-hybridized carbons (Fsp3) is 0.684. The molecule has 18 atom stereocenters. The van der Waals surface area contributed by atoms with Crippen LogP contribution in [0.25, 0.3) is 21.6 Å². The summed E-state index contributed by atoms with van der Waals surface area (Å²) in [6, 6.07) is 17.5. The average Bonchev–Trinajstić information content (AvgIpc) is 3.76. The highest BCUT2D eigenvalue weighted by atomic mass is 32.2. The highest BCUT2D eigenvalue weighted by Gasteiger charge is 2.53. The minimum Gasteiger partial charge on any atom is -0.459 e. The van der Waals surface area contributed by atoms with Crippen molar-refractivity contribution >= 4 is 35.0 Å². The molecule has 3 aromatic rings. The topological polar surface area (TPSA) is 209 Å². The van der Waals surface area contributed by atoms with Crippen molar-refractivity contribution < 1.29 is 63.5 Å². The van der Waals surface area contributed by atoms with E-state index in [0.717, 1.165) is 31.4 Å². The summed E-state index contributed by atoms with van der Waals surface area (Å²) in [6.45, 7) is 18.7. The molecule has 4 aliphatic rings. The van der Waals surface area contributed by atoms with E-state index in [9.17, 15) is 35.1 Å². The van der Waals surface area contributed by atoms with Crippen LogP contribution >= 0.6 is 23.1 Å². The van der Waals surface area contributed by atoms with Crippen LogP contribution in [0.2, 0.25) is 0 Å². The molecule has 75 heavy (non-hydrogen) atoms. The summed E-state index contributed by atoms with van der Waals surface area (Å²) in [5.74, 6) is -3.09. The summed E-state index contributed by atoms with van der Waals surface area (Å²) in [4.78, 5) is 36.5. The van der Waals surface area contributed by atoms with E-state index in [2.05, 4.69) is 29.6 Å². The Labute approximate surface area is 452 Å². The third kappa shape index (κ3) is 13.0. The number of ether oxygens (including phenoxy) is 6. The van der Waals surface area contributed by atoms with Crippen molar-refractivity contribution in [3.05, 3.63) is 59.5 Å². The zero-order chi connectivity index (χ0) is 54.9. The summed E-state index contributed by atoms with van der Waals surface area (Å²) in [5.41, 5.74) is -1.47. The second-order valence-electron chi connectivity index (χ2n) is 22.8. The minimum absolute atomic E-state index is 0.0978. The van der Waals surface area contributed by atoms with Crippen molar-refractivity contribution in [3.8, 4) is 21.6 Å². The number of fused-ring (bicyclic) bond motifs is 5. The van der Waals surface area contributed by atoms with Gasteiger partial charge in [-0.1, -0.05) is 68.9 Å². The lowest BCUT2D eigenvalue weighted by Gasteiger charge is -2.48. The molecule has 1 amide bonds. The summed E-state index contributed by atoms with van der Waals surface area (Å²) < 4.78 is 38.3. The maximum absolute atomic E-state index is 14.7. The Bertz CT molecular complexity index is 2340. The number of rotatable bonds is 12. The first-order valence-corrected chi connectivity index (χ1v) is 28.5. The molecule has 4 aliphatic heterocycles. The van der Waals surface area contributed by atoms with Crippen LogP contribution in [0.1, 0.15) is 111 Å². The number of aliphatic hydroxyl groups excluding tert-OH is 3. The monoisotopic (exact) mass is 1080 g/mol. The normalized spacial score (nSPS) is 38.3. The summed E-state index contributed by atoms with van der Waals surface area (Å²) in [6.07, 6.45) is -8.63. The van der Waals surface area contributed by atoms with E-state index in [-0.39, 0.29) is 43.2 Å². The number of thiophene rings is 1. The van der Waals surface area contributed by atoms with Crippen molar-refractivity contribution in [2.45, 2.75) is 201 Å². The lowest BCUT2D eigenvalue weighted by molar-refractivity contribution is -0.318. The first kappa shape index (κ1) is 59.6. The van der Waals surface area contributed by atoms with Crippen molar-refractivity contribution in [1.82, 2.24) is 15.1 Å². The molecule has 6 N–H and O–H groups in total. The molecular formula is C57H85N3O13S2. The Balaban J connectivity index is 1.18. The van der Waals surface area contributed by atoms with Crippen molar-refractivity contribution in [3.63, 3.8) is 0 Å². The molecule has 0 saturated carbocycles. The number of esters is 1. The van der Waals surface area contributed by atoms with Gasteiger partial charge in [0.05, 0.1) is 46.4 Å². The third-order valence-electron chi connectivity index (χ3n) is 16.4. The zero-order valence-electron chi connectivity index (χ0n) is 46.2. The SMILES string of the molecule is CC[C@H]1OC(=O)[C@H](C)[C@@H](O[C@@H]2C[C@@](C)(OC)[C@@H](O)[C@@H](C)O2)[C@H](C)[C@@H](O[C@@H]2O[C@H](C)C[C@H](N(C)C)[C@H]2O)[C@](C)(O)C[C@@H](C)CN(CCCNC(=O)c2cc3c(s2)-c2ccccc2Sc2ccccc2-3)[C@H](C)[C@@H](O)[C@]1(C)O. The molecule has 7 rings (SSSR count). The van der Waals surface area contributed by atoms with Crippen LogP contribution in [0.5, 0.6) is 0 Å². The molecule has 418 valence electrons. The summed E-state index contributed by atoms with van der Waals surface area (Å²) in [5, 5.41) is 63.7. The van der Waals surface area contributed by atoms with Crippen LogP contribution in [0.4, 0.5) is 0 Å². The first-order chi connectivity index (χ1) is 35.3. The Morgan fingerprint density at radius 2 is 1.55 bits per heavy atom. The van der Waals surface area contributed by atoms with E-state index >= 15 is 0 Å². The average molecular weight is 1080 g/mol. The second-order valence-corrected chi connectivity index (χ2v) is 24.9. The van der Waals surface area contributed by atoms with E-state index in [0.29, 0.717) is 37.4 Å². The predicted molar refractivity (Wildman–Crippen MR) is 289 cm³/mol. The van der Waals surface area contributed by atoms with Gasteiger partial charge in [-0.2, -0.15) is 0 Å². The number of amides is 1. The number of nitrogens with zero attached hydrogens (tertiary/aromatic N) is 2. The number of cyclic esters (lactones) is 1. The van der Waals surface area contributed by atoms with Crippen molar-refractivity contribution in [1.29, 1.82) is 0 Å². The number of hydrogen-bond donors (Lipinski definition) is 6. The molecule has 3 fully saturated rings. The Hall–Kier alpha value is -3.05. The minimum atomic E-state index is -1.93. The number of carbonyl (C=O) groups is 2. The number of likely N-dealkylation sites (N-methyl/N-ethyl adjacent to an activating group) is 1. The molecule has 0 bridgehead atoms. The van der Waals surface area contributed by atoms with E-state index in [1.54, 1.807) is 46.4 Å². The Morgan fingerprint density at radius 1 is 0.893 bits per heavy atom. The molecular weight excluding hydrogens is 999 g/mol. The molecule has 2 aromatic carbocycles. The number of carbonyl (C=O) groups excluding carboxylic acids is 2. The van der Waals surface area contributed by atoms with Gasteiger partial charge in [-0.3, -0.25) is 14.5 Å². The summed E-state index contributed by atoms with van der Waals surface area (Å²) >= 11 is 3.20. The smallest absolute Gasteiger partial charge is 0.311 e. The molecule has 0 spiro atoms. The second kappa shape index (κ2) is 24.5. The van der Waals surface area contributed by atoms with E-state index < -0.39 is 96.0 Å². The van der Waals surface area contributed by atoms with Crippen LogP contribution in [-0.4, -0.2) is 178 Å². The third-order valence-corrected chi connectivity index (χ3v) is 18.7. The maximum atomic E-state index is 14.7. The molecule has 18 heteroatoms. The van der Waals surface area contributed by atoms with Crippen LogP contribution < -0.4 is 5.32 Å². The zero-order valence-corrected chi connectivity index (χ0v) is 47.9. The van der Waals surface area contributed by atoms with Gasteiger partial charge in [0.1, 0.15) is 30.0 Å². The first-order valence-electron chi connectivity index (χ1n) is 26.9. The molecule has 5 heterocycles. The van der Waals surface area contributed by atoms with Gasteiger partial charge < -0.3 is 64.2 Å². The quantitative estimate of drug-likeness (QED) is 0.0627. The van der Waals surface area contributed by atoms with Gasteiger partial charge in [-0.15, -0.1) is 11.3 Å². The molecule has 16 nitrogen and oxygen atoms in total.